The van der Waals surface area contributed by atoms with Gasteiger partial charge in [0.1, 0.15) is 11.3 Å². The molecule has 0 saturated carbocycles. The van der Waals surface area contributed by atoms with Crippen LogP contribution in [-0.4, -0.2) is 54.7 Å². The van der Waals surface area contributed by atoms with Crippen LogP contribution in [0.4, 0.5) is 0 Å². The highest BCUT2D eigenvalue weighted by Crippen LogP contribution is 2.27. The van der Waals surface area contributed by atoms with Gasteiger partial charge in [0.2, 0.25) is 0 Å². The summed E-state index contributed by atoms with van der Waals surface area (Å²) in [6, 6.07) is 1.95. The van der Waals surface area contributed by atoms with Crippen molar-refractivity contribution < 1.29 is 14.7 Å². The fourth-order valence-corrected chi connectivity index (χ4v) is 4.27. The maximum absolute atomic E-state index is 12.8. The molecule has 2 N–H and O–H groups in total. The van der Waals surface area contributed by atoms with Crippen LogP contribution in [0, 0.1) is 13.8 Å². The minimum Gasteiger partial charge on any atom is -0.478 e. The Labute approximate surface area is 165 Å². The maximum Gasteiger partial charge on any atom is 0.339 e. The molecular formula is C19H21N5O3S. The Bertz CT molecular complexity index is 1030. The van der Waals surface area contributed by atoms with Gasteiger partial charge in [-0.05, 0) is 32.8 Å². The average Bonchev–Trinajstić information content (AvgIpc) is 3.40. The Kier molecular flexibility index (Phi) is 4.76. The summed E-state index contributed by atoms with van der Waals surface area (Å²) >= 11 is 1.58. The summed E-state index contributed by atoms with van der Waals surface area (Å²) in [6.45, 7) is 4.94. The monoisotopic (exact) mass is 399 g/mol. The van der Waals surface area contributed by atoms with Crippen LogP contribution in [0.3, 0.4) is 0 Å². The number of carboxylic acid groups (broad SMARTS) is 1. The number of piperidine rings is 1. The lowest BCUT2D eigenvalue weighted by Gasteiger charge is -2.32. The lowest BCUT2D eigenvalue weighted by molar-refractivity contribution is 0.0683. The van der Waals surface area contributed by atoms with E-state index >= 15 is 0 Å². The van der Waals surface area contributed by atoms with Crippen LogP contribution in [0.2, 0.25) is 0 Å². The Morgan fingerprint density at radius 3 is 2.64 bits per heavy atom. The van der Waals surface area contributed by atoms with E-state index in [1.807, 2.05) is 29.5 Å². The second-order valence-electron chi connectivity index (χ2n) is 6.97. The van der Waals surface area contributed by atoms with Gasteiger partial charge in [-0.25, -0.2) is 9.78 Å². The molecule has 146 valence electrons. The molecule has 0 bridgehead atoms. The number of hydrogen-bond donors (Lipinski definition) is 2. The molecule has 4 heterocycles. The summed E-state index contributed by atoms with van der Waals surface area (Å²) in [5.74, 6) is -0.991. The molecule has 1 aliphatic heterocycles. The number of nitrogens with zero attached hydrogens (tertiary/aromatic N) is 4. The number of aryl methyl sites for hydroxylation is 1. The Morgan fingerprint density at radius 1 is 1.29 bits per heavy atom. The third-order valence-electron chi connectivity index (χ3n) is 5.20. The van der Waals surface area contributed by atoms with E-state index in [1.54, 1.807) is 22.9 Å². The third-order valence-corrected chi connectivity index (χ3v) is 5.97. The number of aromatic nitrogens is 4. The number of carboxylic acids is 1. The SMILES string of the molecule is Cc1nc(-c2c[nH]c(C(=O)N3CCC(n4ncc(C(=O)O)c4C)CC3)c2)cs1. The van der Waals surface area contributed by atoms with E-state index in [0.717, 1.165) is 29.1 Å². The summed E-state index contributed by atoms with van der Waals surface area (Å²) < 4.78 is 1.78. The molecule has 3 aromatic rings. The van der Waals surface area contributed by atoms with E-state index < -0.39 is 5.97 Å². The number of carbonyl (C=O) groups excluding carboxylic acids is 1. The molecule has 0 aromatic carbocycles. The molecule has 1 amide bonds. The van der Waals surface area contributed by atoms with Gasteiger partial charge in [-0.2, -0.15) is 5.10 Å². The Balaban J connectivity index is 1.42. The highest BCUT2D eigenvalue weighted by molar-refractivity contribution is 7.09. The lowest BCUT2D eigenvalue weighted by Crippen LogP contribution is -2.39. The van der Waals surface area contributed by atoms with Crippen molar-refractivity contribution in [2.45, 2.75) is 32.7 Å². The fourth-order valence-electron chi connectivity index (χ4n) is 3.65. The van der Waals surface area contributed by atoms with Crippen molar-refractivity contribution in [2.75, 3.05) is 13.1 Å². The second kappa shape index (κ2) is 7.23. The quantitative estimate of drug-likeness (QED) is 0.701. The standard InChI is InChI=1S/C19H21N5O3S/c1-11-15(19(26)27)9-21-24(11)14-3-5-23(6-4-14)18(25)16-7-13(8-20-16)17-10-28-12(2)22-17/h7-10,14,20H,3-6H2,1-2H3,(H,26,27). The number of hydrogen-bond acceptors (Lipinski definition) is 5. The summed E-state index contributed by atoms with van der Waals surface area (Å²) in [6.07, 6.45) is 4.70. The van der Waals surface area contributed by atoms with Gasteiger partial charge in [-0.15, -0.1) is 11.3 Å². The largest absolute Gasteiger partial charge is 0.478 e. The summed E-state index contributed by atoms with van der Waals surface area (Å²) in [7, 11) is 0. The van der Waals surface area contributed by atoms with Gasteiger partial charge >= 0.3 is 5.97 Å². The van der Waals surface area contributed by atoms with Crippen LogP contribution in [0.5, 0.6) is 0 Å². The predicted molar refractivity (Wildman–Crippen MR) is 105 cm³/mol. The number of aromatic carboxylic acids is 1. The third kappa shape index (κ3) is 3.33. The van der Waals surface area contributed by atoms with Crippen molar-refractivity contribution in [3.8, 4) is 11.3 Å². The van der Waals surface area contributed by atoms with Gasteiger partial charge in [0.05, 0.1) is 28.6 Å². The molecule has 1 saturated heterocycles. The van der Waals surface area contributed by atoms with Crippen molar-refractivity contribution in [3.63, 3.8) is 0 Å². The van der Waals surface area contributed by atoms with Gasteiger partial charge in [0.25, 0.3) is 5.91 Å². The zero-order valence-corrected chi connectivity index (χ0v) is 16.5. The maximum atomic E-state index is 12.8. The van der Waals surface area contributed by atoms with Crippen LogP contribution >= 0.6 is 11.3 Å². The van der Waals surface area contributed by atoms with E-state index in [9.17, 15) is 14.7 Å². The molecule has 28 heavy (non-hydrogen) atoms. The fraction of sp³-hybridized carbons (Fsp3) is 0.368. The molecule has 1 aliphatic rings. The first kappa shape index (κ1) is 18.4. The molecule has 0 radical (unpaired) electrons. The van der Waals surface area contributed by atoms with Crippen molar-refractivity contribution in [3.05, 3.63) is 45.8 Å². The number of H-pyrrole nitrogens is 1. The molecule has 0 unspecified atom stereocenters. The van der Waals surface area contributed by atoms with Gasteiger partial charge < -0.3 is 15.0 Å². The Morgan fingerprint density at radius 2 is 2.04 bits per heavy atom. The van der Waals surface area contributed by atoms with Crippen molar-refractivity contribution >= 4 is 23.2 Å². The van der Waals surface area contributed by atoms with Crippen molar-refractivity contribution in [2.24, 2.45) is 0 Å². The van der Waals surface area contributed by atoms with Gasteiger partial charge in [0, 0.05) is 30.2 Å². The normalized spacial score (nSPS) is 15.1. The van der Waals surface area contributed by atoms with Crippen LogP contribution in [0.15, 0.2) is 23.8 Å². The van der Waals surface area contributed by atoms with Gasteiger partial charge in [-0.1, -0.05) is 0 Å². The first-order valence-electron chi connectivity index (χ1n) is 9.11. The first-order valence-corrected chi connectivity index (χ1v) is 9.99. The molecular weight excluding hydrogens is 378 g/mol. The number of nitrogens with one attached hydrogen (secondary N) is 1. The molecule has 8 nitrogen and oxygen atoms in total. The van der Waals surface area contributed by atoms with Gasteiger partial charge in [-0.3, -0.25) is 9.48 Å². The Hall–Kier alpha value is -2.94. The van der Waals surface area contributed by atoms with Crippen LogP contribution in [0.1, 0.15) is 50.4 Å². The van der Waals surface area contributed by atoms with E-state index in [0.29, 0.717) is 24.5 Å². The van der Waals surface area contributed by atoms with E-state index in [2.05, 4.69) is 15.1 Å². The zero-order chi connectivity index (χ0) is 19.8. The van der Waals surface area contributed by atoms with E-state index in [4.69, 9.17) is 0 Å². The zero-order valence-electron chi connectivity index (χ0n) is 15.7. The molecule has 0 aliphatic carbocycles. The topological polar surface area (TPSA) is 104 Å². The molecule has 4 rings (SSSR count). The van der Waals surface area contributed by atoms with Crippen LogP contribution in [0.25, 0.3) is 11.3 Å². The lowest BCUT2D eigenvalue weighted by atomic mass is 10.0. The van der Waals surface area contributed by atoms with Crippen LogP contribution < -0.4 is 0 Å². The van der Waals surface area contributed by atoms with E-state index in [1.165, 1.54) is 6.20 Å². The van der Waals surface area contributed by atoms with Crippen molar-refractivity contribution in [1.29, 1.82) is 0 Å². The highest BCUT2D eigenvalue weighted by atomic mass is 32.1. The molecule has 9 heteroatoms. The number of thiazole rings is 1. The number of aromatic amines is 1. The highest BCUT2D eigenvalue weighted by Gasteiger charge is 2.27. The summed E-state index contributed by atoms with van der Waals surface area (Å²) in [5.41, 5.74) is 3.23. The molecule has 1 fully saturated rings. The number of rotatable bonds is 4. The van der Waals surface area contributed by atoms with Crippen LogP contribution in [-0.2, 0) is 0 Å². The molecule has 0 atom stereocenters. The first-order chi connectivity index (χ1) is 13.4. The number of amides is 1. The predicted octanol–water partition coefficient (Wildman–Crippen LogP) is 3.13. The smallest absolute Gasteiger partial charge is 0.339 e. The molecule has 0 spiro atoms. The summed E-state index contributed by atoms with van der Waals surface area (Å²) in [5, 5.41) is 16.4. The number of carbonyl (C=O) groups is 2. The second-order valence-corrected chi connectivity index (χ2v) is 8.03. The minimum atomic E-state index is -0.964. The van der Waals surface area contributed by atoms with E-state index in [-0.39, 0.29) is 17.5 Å². The average molecular weight is 399 g/mol. The molecule has 3 aromatic heterocycles. The summed E-state index contributed by atoms with van der Waals surface area (Å²) in [4.78, 5) is 33.4. The van der Waals surface area contributed by atoms with Crippen molar-refractivity contribution in [1.82, 2.24) is 24.6 Å². The minimum absolute atomic E-state index is 0.0277. The number of likely N-dealkylation sites (tertiary alicyclic amines) is 1. The van der Waals surface area contributed by atoms with Gasteiger partial charge in [0.15, 0.2) is 0 Å².